The number of hydrogen-bond acceptors (Lipinski definition) is 5. The molecule has 0 amide bonds. The van der Waals surface area contributed by atoms with Crippen LogP contribution >= 0.6 is 0 Å². The highest BCUT2D eigenvalue weighted by molar-refractivity contribution is 5.82. The fourth-order valence-electron chi connectivity index (χ4n) is 3.56. The molecule has 1 heterocycles. The molecule has 1 aliphatic carbocycles. The first-order valence-electron chi connectivity index (χ1n) is 9.15. The molecule has 1 aliphatic heterocycles. The molecule has 5 heteroatoms. The second kappa shape index (κ2) is 8.28. The molecule has 1 aromatic carbocycles. The lowest BCUT2D eigenvalue weighted by atomic mass is 9.97. The molecule has 1 N–H and O–H groups in total. The van der Waals surface area contributed by atoms with E-state index in [0.717, 1.165) is 43.0 Å². The summed E-state index contributed by atoms with van der Waals surface area (Å²) < 4.78 is 16.6. The van der Waals surface area contributed by atoms with Gasteiger partial charge in [0, 0.05) is 24.2 Å². The summed E-state index contributed by atoms with van der Waals surface area (Å²) in [5.74, 6) is 1.64. The van der Waals surface area contributed by atoms with Gasteiger partial charge >= 0.3 is 5.97 Å². The van der Waals surface area contributed by atoms with E-state index in [9.17, 15) is 4.79 Å². The third-order valence-electron chi connectivity index (χ3n) is 4.88. The van der Waals surface area contributed by atoms with Crippen molar-refractivity contribution in [1.29, 1.82) is 0 Å². The summed E-state index contributed by atoms with van der Waals surface area (Å²) in [4.78, 5) is 11.6. The van der Waals surface area contributed by atoms with Crippen LogP contribution in [0.15, 0.2) is 30.0 Å². The first-order chi connectivity index (χ1) is 12.2. The van der Waals surface area contributed by atoms with Gasteiger partial charge in [0.1, 0.15) is 0 Å². The number of benzene rings is 1. The highest BCUT2D eigenvalue weighted by atomic mass is 16.5. The molecule has 136 valence electrons. The predicted molar refractivity (Wildman–Crippen MR) is 96.0 cm³/mol. The summed E-state index contributed by atoms with van der Waals surface area (Å²) in [6.45, 7) is 3.01. The highest BCUT2D eigenvalue weighted by Gasteiger charge is 2.24. The fraction of sp³-hybridized carbons (Fsp3) is 0.550. The van der Waals surface area contributed by atoms with Gasteiger partial charge < -0.3 is 19.5 Å². The third-order valence-corrected chi connectivity index (χ3v) is 4.88. The Kier molecular flexibility index (Phi) is 5.84. The Hall–Kier alpha value is -2.17. The van der Waals surface area contributed by atoms with Crippen LogP contribution < -0.4 is 14.8 Å². The zero-order chi connectivity index (χ0) is 17.6. The molecule has 2 aliphatic rings. The maximum atomic E-state index is 11.6. The lowest BCUT2D eigenvalue weighted by Gasteiger charge is -2.18. The SMILES string of the molecule is CCOC(=O)/C=C1\C[C@@H](c2ccc(OC)c(OC3CCCC3)c2)CN1. The Morgan fingerprint density at radius 2 is 2.08 bits per heavy atom. The number of rotatable bonds is 6. The Morgan fingerprint density at radius 1 is 1.28 bits per heavy atom. The normalized spacial score (nSPS) is 22.0. The first-order valence-corrected chi connectivity index (χ1v) is 9.15. The summed E-state index contributed by atoms with van der Waals surface area (Å²) in [5, 5.41) is 3.30. The van der Waals surface area contributed by atoms with Gasteiger partial charge in [-0.05, 0) is 56.7 Å². The summed E-state index contributed by atoms with van der Waals surface area (Å²) in [6, 6.07) is 6.16. The number of carbonyl (C=O) groups is 1. The van der Waals surface area contributed by atoms with Crippen LogP contribution in [0.3, 0.4) is 0 Å². The molecule has 1 atom stereocenters. The Bertz CT molecular complexity index is 635. The predicted octanol–water partition coefficient (Wildman–Crippen LogP) is 3.54. The number of ether oxygens (including phenoxy) is 3. The van der Waals surface area contributed by atoms with Gasteiger partial charge in [0.15, 0.2) is 11.5 Å². The van der Waals surface area contributed by atoms with Gasteiger partial charge in [-0.25, -0.2) is 4.79 Å². The van der Waals surface area contributed by atoms with Gasteiger partial charge in [-0.1, -0.05) is 6.07 Å². The zero-order valence-electron chi connectivity index (χ0n) is 15.0. The van der Waals surface area contributed by atoms with Crippen LogP contribution in [-0.4, -0.2) is 32.3 Å². The molecule has 0 bridgehead atoms. The second-order valence-corrected chi connectivity index (χ2v) is 6.64. The fourth-order valence-corrected chi connectivity index (χ4v) is 3.56. The molecular formula is C20H27NO4. The van der Waals surface area contributed by atoms with E-state index >= 15 is 0 Å². The van der Waals surface area contributed by atoms with Crippen molar-refractivity contribution in [3.8, 4) is 11.5 Å². The minimum atomic E-state index is -0.286. The van der Waals surface area contributed by atoms with E-state index in [4.69, 9.17) is 14.2 Å². The number of carbonyl (C=O) groups excluding carboxylic acids is 1. The molecule has 2 fully saturated rings. The van der Waals surface area contributed by atoms with E-state index in [1.807, 2.05) is 13.0 Å². The molecule has 5 nitrogen and oxygen atoms in total. The van der Waals surface area contributed by atoms with Crippen molar-refractivity contribution in [2.75, 3.05) is 20.3 Å². The van der Waals surface area contributed by atoms with E-state index in [1.165, 1.54) is 18.4 Å². The lowest BCUT2D eigenvalue weighted by Crippen LogP contribution is -2.12. The quantitative estimate of drug-likeness (QED) is 0.631. The van der Waals surface area contributed by atoms with Gasteiger partial charge in [0.25, 0.3) is 0 Å². The number of nitrogens with one attached hydrogen (secondary N) is 1. The number of hydrogen-bond donors (Lipinski definition) is 1. The van der Waals surface area contributed by atoms with Crippen molar-refractivity contribution < 1.29 is 19.0 Å². The molecule has 1 saturated carbocycles. The molecule has 1 aromatic rings. The van der Waals surface area contributed by atoms with Crippen molar-refractivity contribution in [1.82, 2.24) is 5.32 Å². The standard InChI is InChI=1S/C20H27NO4/c1-3-24-20(22)12-16-10-15(13-21-16)14-8-9-18(23-2)19(11-14)25-17-6-4-5-7-17/h8-9,11-12,15,17,21H,3-7,10,13H2,1-2H3/b16-12+/t15-/m1/s1. The molecule has 0 radical (unpaired) electrons. The minimum absolute atomic E-state index is 0.286. The number of esters is 1. The smallest absolute Gasteiger partial charge is 0.332 e. The highest BCUT2D eigenvalue weighted by Crippen LogP contribution is 2.36. The van der Waals surface area contributed by atoms with Crippen molar-refractivity contribution in [3.63, 3.8) is 0 Å². The lowest BCUT2D eigenvalue weighted by molar-refractivity contribution is -0.137. The van der Waals surface area contributed by atoms with Crippen LogP contribution in [0.5, 0.6) is 11.5 Å². The maximum absolute atomic E-state index is 11.6. The molecule has 3 rings (SSSR count). The van der Waals surface area contributed by atoms with E-state index in [1.54, 1.807) is 13.2 Å². The van der Waals surface area contributed by atoms with Crippen LogP contribution in [0.2, 0.25) is 0 Å². The van der Waals surface area contributed by atoms with Gasteiger partial charge in [-0.2, -0.15) is 0 Å². The number of allylic oxidation sites excluding steroid dienone is 1. The molecule has 1 saturated heterocycles. The van der Waals surface area contributed by atoms with Crippen LogP contribution in [0, 0.1) is 0 Å². The maximum Gasteiger partial charge on any atom is 0.332 e. The van der Waals surface area contributed by atoms with Crippen LogP contribution in [0.25, 0.3) is 0 Å². The number of methoxy groups -OCH3 is 1. The van der Waals surface area contributed by atoms with E-state index in [0.29, 0.717) is 18.6 Å². The summed E-state index contributed by atoms with van der Waals surface area (Å²) in [6.07, 6.45) is 7.36. The topological polar surface area (TPSA) is 56.8 Å². The van der Waals surface area contributed by atoms with Crippen molar-refractivity contribution in [2.45, 2.75) is 51.0 Å². The van der Waals surface area contributed by atoms with Gasteiger partial charge in [-0.15, -0.1) is 0 Å². The Labute approximate surface area is 149 Å². The van der Waals surface area contributed by atoms with Crippen LogP contribution in [0.4, 0.5) is 0 Å². The second-order valence-electron chi connectivity index (χ2n) is 6.64. The Balaban J connectivity index is 1.71. The monoisotopic (exact) mass is 345 g/mol. The average molecular weight is 345 g/mol. The zero-order valence-corrected chi connectivity index (χ0v) is 15.0. The van der Waals surface area contributed by atoms with Crippen LogP contribution in [0.1, 0.15) is 50.5 Å². The van der Waals surface area contributed by atoms with E-state index in [2.05, 4.69) is 17.4 Å². The Morgan fingerprint density at radius 3 is 2.80 bits per heavy atom. The van der Waals surface area contributed by atoms with Crippen molar-refractivity contribution >= 4 is 5.97 Å². The summed E-state index contributed by atoms with van der Waals surface area (Å²) in [7, 11) is 1.67. The molecule has 0 unspecified atom stereocenters. The van der Waals surface area contributed by atoms with Gasteiger partial charge in [0.05, 0.1) is 19.8 Å². The third kappa shape index (κ3) is 4.47. The minimum Gasteiger partial charge on any atom is -0.493 e. The molecule has 0 spiro atoms. The van der Waals surface area contributed by atoms with Crippen molar-refractivity contribution in [2.24, 2.45) is 0 Å². The molecular weight excluding hydrogens is 318 g/mol. The summed E-state index contributed by atoms with van der Waals surface area (Å²) >= 11 is 0. The first kappa shape index (κ1) is 17.6. The van der Waals surface area contributed by atoms with Crippen LogP contribution in [-0.2, 0) is 9.53 Å². The van der Waals surface area contributed by atoms with Gasteiger partial charge in [0.2, 0.25) is 0 Å². The van der Waals surface area contributed by atoms with Gasteiger partial charge in [-0.3, -0.25) is 0 Å². The van der Waals surface area contributed by atoms with Crippen molar-refractivity contribution in [3.05, 3.63) is 35.5 Å². The molecule has 25 heavy (non-hydrogen) atoms. The molecule has 0 aromatic heterocycles. The average Bonchev–Trinajstić information content (AvgIpc) is 3.27. The summed E-state index contributed by atoms with van der Waals surface area (Å²) in [5.41, 5.74) is 2.13. The van der Waals surface area contributed by atoms with E-state index < -0.39 is 0 Å². The largest absolute Gasteiger partial charge is 0.493 e. The van der Waals surface area contributed by atoms with E-state index in [-0.39, 0.29) is 5.97 Å².